The molecule has 6 fully saturated rings. The van der Waals surface area contributed by atoms with E-state index in [1.165, 1.54) is 12.0 Å². The van der Waals surface area contributed by atoms with Crippen LogP contribution in [0, 0.1) is 34.5 Å². The smallest absolute Gasteiger partial charge is 0.407 e. The number of fused-ring (bicyclic) bond motifs is 1. The van der Waals surface area contributed by atoms with Crippen LogP contribution in [0.2, 0.25) is 0 Å². The van der Waals surface area contributed by atoms with E-state index in [0.29, 0.717) is 59.5 Å². The van der Waals surface area contributed by atoms with Gasteiger partial charge in [0.25, 0.3) is 0 Å². The van der Waals surface area contributed by atoms with E-state index < -0.39 is 72.6 Å². The number of halogens is 2. The number of amides is 2. The Labute approximate surface area is 368 Å². The molecule has 7 N–H and O–H groups in total. The molecule has 1 saturated heterocycles. The van der Waals surface area contributed by atoms with Crippen LogP contribution in [0.4, 0.5) is 24.2 Å². The van der Waals surface area contributed by atoms with E-state index in [0.717, 1.165) is 56.4 Å². The van der Waals surface area contributed by atoms with Crippen LogP contribution < -0.4 is 22.1 Å². The molecule has 2 amide bonds. The van der Waals surface area contributed by atoms with E-state index in [2.05, 4.69) is 54.3 Å². The Morgan fingerprint density at radius 2 is 1.86 bits per heavy atom. The molecular formula is C47H67F2N5O9. The van der Waals surface area contributed by atoms with Crippen LogP contribution in [0.15, 0.2) is 64.7 Å². The number of allylic oxidation sites excluding steroid dienone is 4. The van der Waals surface area contributed by atoms with Crippen molar-refractivity contribution < 1.29 is 47.9 Å². The van der Waals surface area contributed by atoms with Crippen molar-refractivity contribution in [2.24, 2.45) is 34.5 Å². The van der Waals surface area contributed by atoms with Gasteiger partial charge in [0, 0.05) is 30.6 Å². The molecule has 14 nitrogen and oxygen atoms in total. The summed E-state index contributed by atoms with van der Waals surface area (Å²) in [6, 6.07) is 0.724. The second-order valence-electron chi connectivity index (χ2n) is 20.7. The first-order chi connectivity index (χ1) is 29.6. The molecule has 348 valence electrons. The van der Waals surface area contributed by atoms with Gasteiger partial charge in [-0.25, -0.2) is 14.4 Å². The van der Waals surface area contributed by atoms with E-state index in [4.69, 9.17) is 19.9 Å². The molecule has 6 aliphatic rings. The van der Waals surface area contributed by atoms with Gasteiger partial charge in [-0.05, 0) is 123 Å². The molecule has 5 saturated carbocycles. The summed E-state index contributed by atoms with van der Waals surface area (Å²) >= 11 is 0. The Hall–Kier alpha value is -4.12. The van der Waals surface area contributed by atoms with Gasteiger partial charge in [0.05, 0.1) is 12.2 Å². The fourth-order valence-electron chi connectivity index (χ4n) is 11.9. The minimum atomic E-state index is -3.91. The molecule has 7 rings (SSSR count). The van der Waals surface area contributed by atoms with Gasteiger partial charge >= 0.3 is 23.8 Å². The molecule has 1 aromatic rings. The van der Waals surface area contributed by atoms with Crippen LogP contribution in [0.25, 0.3) is 0 Å². The summed E-state index contributed by atoms with van der Waals surface area (Å²) in [5.74, 6) is -2.28. The summed E-state index contributed by atoms with van der Waals surface area (Å²) < 4.78 is 47.1. The molecule has 63 heavy (non-hydrogen) atoms. The SMILES string of the molecule is C=C1/C(=C\C=C2/CCC[C@@]3(C)C2CCC3[C@@H](C)/C=C/C(O)C2CC2)C[C@@H](OC(=O)NC2CC(C)(C)CC(C)(NC(=O)OCC3OC(n4ccc(N)nc4=O)C(F)(F)C3O)C2)C[C@@H]1O. The second-order valence-corrected chi connectivity index (χ2v) is 20.7. The zero-order valence-electron chi connectivity index (χ0n) is 37.2. The number of ether oxygens (including phenoxy) is 3. The summed E-state index contributed by atoms with van der Waals surface area (Å²) in [6.07, 6.45) is 9.72. The second kappa shape index (κ2) is 18.0. The van der Waals surface area contributed by atoms with Crippen LogP contribution in [0.1, 0.15) is 118 Å². The van der Waals surface area contributed by atoms with Crippen molar-refractivity contribution in [2.75, 3.05) is 12.3 Å². The van der Waals surface area contributed by atoms with Gasteiger partial charge in [0.2, 0.25) is 6.23 Å². The van der Waals surface area contributed by atoms with Crippen LogP contribution in [-0.4, -0.2) is 91.7 Å². The van der Waals surface area contributed by atoms with Gasteiger partial charge in [-0.2, -0.15) is 13.8 Å². The number of aliphatic hydroxyl groups excluding tert-OH is 3. The van der Waals surface area contributed by atoms with Crippen molar-refractivity contribution in [1.82, 2.24) is 20.2 Å². The van der Waals surface area contributed by atoms with Crippen LogP contribution in [0.5, 0.6) is 0 Å². The molecule has 1 aromatic heterocycles. The quantitative estimate of drug-likeness (QED) is 0.130. The lowest BCUT2D eigenvalue weighted by molar-refractivity contribution is -0.140. The number of alkyl halides is 2. The number of carbonyl (C=O) groups excluding carboxylic acids is 2. The number of rotatable bonds is 11. The maximum atomic E-state index is 15.0. The number of nitrogen functional groups attached to an aromatic ring is 1. The van der Waals surface area contributed by atoms with Crippen LogP contribution in [0.3, 0.4) is 0 Å². The monoisotopic (exact) mass is 883 g/mol. The number of nitrogens with zero attached hydrogens (tertiary/aromatic N) is 2. The van der Waals surface area contributed by atoms with Crippen molar-refractivity contribution in [3.8, 4) is 0 Å². The highest BCUT2D eigenvalue weighted by Crippen LogP contribution is 2.59. The molecule has 0 radical (unpaired) electrons. The lowest BCUT2D eigenvalue weighted by atomic mass is 9.61. The van der Waals surface area contributed by atoms with Crippen LogP contribution >= 0.6 is 0 Å². The average Bonchev–Trinajstić information content (AvgIpc) is 3.93. The number of hydrogen-bond acceptors (Lipinski definition) is 11. The average molecular weight is 884 g/mol. The summed E-state index contributed by atoms with van der Waals surface area (Å²) in [4.78, 5) is 42.2. The Balaban J connectivity index is 0.927. The zero-order chi connectivity index (χ0) is 45.6. The van der Waals surface area contributed by atoms with Crippen molar-refractivity contribution in [2.45, 2.75) is 166 Å². The Morgan fingerprint density at radius 3 is 2.57 bits per heavy atom. The summed E-state index contributed by atoms with van der Waals surface area (Å²) in [5, 5.41) is 37.7. The molecule has 5 aliphatic carbocycles. The number of carbonyl (C=O) groups is 2. The van der Waals surface area contributed by atoms with E-state index in [-0.39, 0.29) is 29.2 Å². The fourth-order valence-corrected chi connectivity index (χ4v) is 11.9. The third-order valence-corrected chi connectivity index (χ3v) is 14.9. The van der Waals surface area contributed by atoms with Crippen molar-refractivity contribution in [3.05, 3.63) is 70.3 Å². The lowest BCUT2D eigenvalue weighted by Gasteiger charge is -2.46. The van der Waals surface area contributed by atoms with Gasteiger partial charge in [0.1, 0.15) is 24.6 Å². The highest BCUT2D eigenvalue weighted by Gasteiger charge is 2.60. The largest absolute Gasteiger partial charge is 0.447 e. The molecule has 0 spiro atoms. The summed E-state index contributed by atoms with van der Waals surface area (Å²) in [5.41, 5.74) is 6.19. The first-order valence-electron chi connectivity index (χ1n) is 22.7. The number of alkyl carbamates (subject to hydrolysis) is 2. The van der Waals surface area contributed by atoms with Crippen molar-refractivity contribution >= 4 is 18.0 Å². The van der Waals surface area contributed by atoms with E-state index in [1.807, 2.05) is 19.9 Å². The normalized spacial score (nSPS) is 37.4. The zero-order valence-corrected chi connectivity index (χ0v) is 37.2. The van der Waals surface area contributed by atoms with Crippen molar-refractivity contribution in [1.29, 1.82) is 0 Å². The number of nitrogens with one attached hydrogen (secondary N) is 2. The standard InChI is InChI=1S/C47H67F2N5O9/c1-26(9-16-35(55)29-11-12-29)33-14-15-34-28(8-7-18-46(33,34)6)10-13-30-20-32(21-36(56)27(30)2)62-42(59)51-31-22-44(3,4)25-45(5,23-31)53-43(60)61-24-37-39(57)47(48,49)40(63-37)54-19-17-38(50)52-41(54)58/h9-10,13,16-17,19,26,29,31-37,39-40,55-57H,2,7-8,11-12,14-15,18,20-25H2,1,3-6H3,(H,51,59)(H,53,60)(H2,50,52,58)/b16-9+,28-10+,30-13-/t26-,31?,32+,33?,34?,35?,36-,37?,39?,40?,45?,46+/m0/s1. The van der Waals surface area contributed by atoms with Gasteiger partial charge in [0.15, 0.2) is 6.10 Å². The minimum Gasteiger partial charge on any atom is -0.447 e. The highest BCUT2D eigenvalue weighted by atomic mass is 19.3. The Morgan fingerprint density at radius 1 is 1.11 bits per heavy atom. The topological polar surface area (TPSA) is 207 Å². The maximum absolute atomic E-state index is 15.0. The number of aliphatic hydroxyl groups is 3. The number of nitrogens with two attached hydrogens (primary N) is 1. The van der Waals surface area contributed by atoms with Crippen LogP contribution in [-0.2, 0) is 14.2 Å². The van der Waals surface area contributed by atoms with Crippen molar-refractivity contribution in [3.63, 3.8) is 0 Å². The first-order valence-corrected chi connectivity index (χ1v) is 22.7. The molecular weight excluding hydrogens is 817 g/mol. The first kappa shape index (κ1) is 46.9. The molecule has 0 aromatic carbocycles. The Kier molecular flexibility index (Phi) is 13.4. The van der Waals surface area contributed by atoms with E-state index in [1.54, 1.807) is 6.92 Å². The number of anilines is 1. The molecule has 0 bridgehead atoms. The summed E-state index contributed by atoms with van der Waals surface area (Å²) in [7, 11) is 0. The lowest BCUT2D eigenvalue weighted by Crippen LogP contribution is -2.57. The van der Waals surface area contributed by atoms with Gasteiger partial charge < -0.3 is 45.9 Å². The molecule has 12 atom stereocenters. The molecule has 2 heterocycles. The fraction of sp³-hybridized carbons (Fsp3) is 0.702. The van der Waals surface area contributed by atoms with Gasteiger partial charge in [-0.15, -0.1) is 0 Å². The van der Waals surface area contributed by atoms with Gasteiger partial charge in [-0.3, -0.25) is 4.57 Å². The maximum Gasteiger partial charge on any atom is 0.407 e. The third-order valence-electron chi connectivity index (χ3n) is 14.9. The number of aromatic nitrogens is 2. The predicted octanol–water partition coefficient (Wildman–Crippen LogP) is 6.62. The third kappa shape index (κ3) is 10.4. The van der Waals surface area contributed by atoms with E-state index in [9.17, 15) is 29.7 Å². The molecule has 8 unspecified atom stereocenters. The number of hydrogen-bond donors (Lipinski definition) is 6. The molecule has 1 aliphatic heterocycles. The van der Waals surface area contributed by atoms with Gasteiger partial charge in [-0.1, -0.05) is 64.2 Å². The molecule has 16 heteroatoms. The van der Waals surface area contributed by atoms with E-state index >= 15 is 8.78 Å². The Bertz CT molecular complexity index is 2050. The predicted molar refractivity (Wildman–Crippen MR) is 231 cm³/mol. The highest BCUT2D eigenvalue weighted by molar-refractivity contribution is 5.69. The minimum absolute atomic E-state index is 0.170. The summed E-state index contributed by atoms with van der Waals surface area (Å²) in [6.45, 7) is 14.0.